The van der Waals surface area contributed by atoms with E-state index in [1.54, 1.807) is 48.2 Å². The highest BCUT2D eigenvalue weighted by molar-refractivity contribution is 5.99. The maximum Gasteiger partial charge on any atom is 0.275 e. The van der Waals surface area contributed by atoms with Crippen LogP contribution in [0.15, 0.2) is 71.7 Å². The van der Waals surface area contributed by atoms with Gasteiger partial charge in [0.05, 0.1) is 6.04 Å². The molecule has 3 aromatic rings. The number of carbonyl (C=O) groups excluding carboxylic acids is 2. The van der Waals surface area contributed by atoms with E-state index in [4.69, 9.17) is 4.74 Å². The summed E-state index contributed by atoms with van der Waals surface area (Å²) in [5, 5.41) is 13.8. The second-order valence-electron chi connectivity index (χ2n) is 9.95. The summed E-state index contributed by atoms with van der Waals surface area (Å²) in [6.45, 7) is 3.18. The summed E-state index contributed by atoms with van der Waals surface area (Å²) in [5.74, 6) is -3.22. The van der Waals surface area contributed by atoms with Crippen molar-refractivity contribution in [3.63, 3.8) is 0 Å². The van der Waals surface area contributed by atoms with Crippen LogP contribution in [0.1, 0.15) is 51.9 Å². The van der Waals surface area contributed by atoms with Crippen LogP contribution >= 0.6 is 0 Å². The van der Waals surface area contributed by atoms with E-state index in [0.717, 1.165) is 11.6 Å². The molecule has 8 nitrogen and oxygen atoms in total. The molecule has 5 rings (SSSR count). The number of rotatable bonds is 6. The average molecular weight is 536 g/mol. The fourth-order valence-electron chi connectivity index (χ4n) is 4.88. The van der Waals surface area contributed by atoms with E-state index >= 15 is 0 Å². The lowest BCUT2D eigenvalue weighted by Gasteiger charge is -2.41. The van der Waals surface area contributed by atoms with E-state index < -0.39 is 40.5 Å². The SMILES string of the molecule is C[C@@H]1C=C[C@](C)(O)[C@H]2CN1C(=O)c1c(OCc3ccccc3)c(=O)c(C(=O)NCc3ccc(F)cc3F)cn12. The number of aromatic nitrogens is 1. The molecule has 0 unspecified atom stereocenters. The molecule has 2 aromatic carbocycles. The lowest BCUT2D eigenvalue weighted by atomic mass is 9.93. The molecule has 2 N–H and O–H groups in total. The number of nitrogens with zero attached hydrogens (tertiary/aromatic N) is 2. The van der Waals surface area contributed by atoms with Gasteiger partial charge in [-0.2, -0.15) is 0 Å². The molecule has 2 bridgehead atoms. The Hall–Kier alpha value is -4.31. The van der Waals surface area contributed by atoms with E-state index in [1.165, 1.54) is 16.8 Å². The second-order valence-corrected chi connectivity index (χ2v) is 9.95. The molecular formula is C29H27F2N3O5. The van der Waals surface area contributed by atoms with Crippen LogP contribution < -0.4 is 15.5 Å². The molecule has 2 aliphatic rings. The Labute approximate surface area is 223 Å². The molecule has 39 heavy (non-hydrogen) atoms. The predicted molar refractivity (Wildman–Crippen MR) is 138 cm³/mol. The van der Waals surface area contributed by atoms with Crippen LogP contribution in [0.4, 0.5) is 8.78 Å². The average Bonchev–Trinajstić information content (AvgIpc) is 3.01. The van der Waals surface area contributed by atoms with Gasteiger partial charge in [-0.25, -0.2) is 8.78 Å². The van der Waals surface area contributed by atoms with Crippen molar-refractivity contribution >= 4 is 11.8 Å². The van der Waals surface area contributed by atoms with Crippen LogP contribution in [0.25, 0.3) is 0 Å². The molecule has 0 fully saturated rings. The Kier molecular flexibility index (Phi) is 6.82. The van der Waals surface area contributed by atoms with Gasteiger partial charge < -0.3 is 24.6 Å². The third-order valence-electron chi connectivity index (χ3n) is 7.16. The summed E-state index contributed by atoms with van der Waals surface area (Å²) in [7, 11) is 0. The highest BCUT2D eigenvalue weighted by Gasteiger charge is 2.45. The van der Waals surface area contributed by atoms with Gasteiger partial charge in [0.2, 0.25) is 5.43 Å². The second kappa shape index (κ2) is 10.1. The van der Waals surface area contributed by atoms with Crippen molar-refractivity contribution in [2.24, 2.45) is 0 Å². The molecule has 202 valence electrons. The molecule has 0 aliphatic carbocycles. The van der Waals surface area contributed by atoms with Crippen molar-refractivity contribution < 1.29 is 28.2 Å². The lowest BCUT2D eigenvalue weighted by molar-refractivity contribution is 0.0202. The minimum Gasteiger partial charge on any atom is -0.483 e. The molecule has 2 aliphatic heterocycles. The molecule has 3 atom stereocenters. The van der Waals surface area contributed by atoms with Crippen LogP contribution in [0.5, 0.6) is 5.75 Å². The maximum atomic E-state index is 14.1. The molecule has 3 heterocycles. The van der Waals surface area contributed by atoms with Crippen molar-refractivity contribution in [1.82, 2.24) is 14.8 Å². The van der Waals surface area contributed by atoms with Crippen molar-refractivity contribution in [3.05, 3.63) is 111 Å². The third kappa shape index (κ3) is 4.95. The molecule has 2 amide bonds. The number of hydrogen-bond acceptors (Lipinski definition) is 5. The van der Waals surface area contributed by atoms with Crippen LogP contribution in [-0.2, 0) is 13.2 Å². The van der Waals surface area contributed by atoms with Gasteiger partial charge in [-0.3, -0.25) is 14.4 Å². The van der Waals surface area contributed by atoms with Gasteiger partial charge >= 0.3 is 0 Å². The molecule has 0 saturated heterocycles. The number of amides is 2. The minimum atomic E-state index is -1.42. The molecular weight excluding hydrogens is 508 g/mol. The van der Waals surface area contributed by atoms with Gasteiger partial charge in [-0.15, -0.1) is 0 Å². The van der Waals surface area contributed by atoms with Gasteiger partial charge in [-0.1, -0.05) is 48.6 Å². The van der Waals surface area contributed by atoms with Crippen molar-refractivity contribution in [1.29, 1.82) is 0 Å². The van der Waals surface area contributed by atoms with Crippen LogP contribution in [-0.4, -0.2) is 44.6 Å². The quantitative estimate of drug-likeness (QED) is 0.472. The zero-order valence-electron chi connectivity index (χ0n) is 21.4. The van der Waals surface area contributed by atoms with E-state index in [1.807, 2.05) is 13.0 Å². The zero-order chi connectivity index (χ0) is 27.9. The van der Waals surface area contributed by atoms with Crippen molar-refractivity contribution in [3.8, 4) is 5.75 Å². The standard InChI is InChI=1S/C29H27F2N3O5/c1-17-10-11-29(2,38)23-15-33(17)28(37)24-26(39-16-18-6-4-3-5-7-18)25(35)21(14-34(23)24)27(36)32-13-19-8-9-20(30)12-22(19)31/h3-12,14,17,23,38H,13,15-16H2,1-2H3,(H,32,36)/t17-,23-,29+/m1/s1. The Morgan fingerprint density at radius 2 is 1.92 bits per heavy atom. The monoisotopic (exact) mass is 535 g/mol. The highest BCUT2D eigenvalue weighted by atomic mass is 19.1. The number of halogens is 2. The van der Waals surface area contributed by atoms with E-state index in [0.29, 0.717) is 6.07 Å². The summed E-state index contributed by atoms with van der Waals surface area (Å²) in [6.07, 6.45) is 4.56. The summed E-state index contributed by atoms with van der Waals surface area (Å²) in [4.78, 5) is 42.1. The fourth-order valence-corrected chi connectivity index (χ4v) is 4.88. The van der Waals surface area contributed by atoms with Gasteiger partial charge in [0.15, 0.2) is 11.4 Å². The minimum absolute atomic E-state index is 0.0278. The maximum absolute atomic E-state index is 14.1. The number of aliphatic hydroxyl groups is 1. The van der Waals surface area contributed by atoms with Crippen LogP contribution in [0.2, 0.25) is 0 Å². The highest BCUT2D eigenvalue weighted by Crippen LogP contribution is 2.37. The first-order chi connectivity index (χ1) is 18.6. The largest absolute Gasteiger partial charge is 0.483 e. The molecule has 1 aromatic heterocycles. The first kappa shape index (κ1) is 26.3. The zero-order valence-corrected chi connectivity index (χ0v) is 21.4. The number of ether oxygens (including phenoxy) is 1. The van der Waals surface area contributed by atoms with Crippen molar-refractivity contribution in [2.45, 2.75) is 44.7 Å². The van der Waals surface area contributed by atoms with E-state index in [2.05, 4.69) is 5.32 Å². The topological polar surface area (TPSA) is 101 Å². The Bertz CT molecular complexity index is 1530. The summed E-state index contributed by atoms with van der Waals surface area (Å²) in [6, 6.07) is 10.9. The molecule has 0 radical (unpaired) electrons. The molecule has 0 saturated carbocycles. The Morgan fingerprint density at radius 3 is 2.64 bits per heavy atom. The van der Waals surface area contributed by atoms with Crippen LogP contribution in [0, 0.1) is 11.6 Å². The third-order valence-corrected chi connectivity index (χ3v) is 7.16. The van der Waals surface area contributed by atoms with E-state index in [9.17, 15) is 28.3 Å². The Morgan fingerprint density at radius 1 is 1.18 bits per heavy atom. The van der Waals surface area contributed by atoms with Gasteiger partial charge in [0.1, 0.15) is 29.4 Å². The number of carbonyl (C=O) groups is 2. The Balaban J connectivity index is 1.59. The van der Waals surface area contributed by atoms with E-state index in [-0.39, 0.29) is 48.3 Å². The van der Waals surface area contributed by atoms with Gasteiger partial charge in [0.25, 0.3) is 11.8 Å². The lowest BCUT2D eigenvalue weighted by Crippen LogP contribution is -2.52. The normalized spacial score (nSPS) is 21.8. The fraction of sp³-hybridized carbons (Fsp3) is 0.276. The number of fused-ring (bicyclic) bond motifs is 4. The smallest absolute Gasteiger partial charge is 0.275 e. The number of nitrogens with one attached hydrogen (secondary N) is 1. The predicted octanol–water partition coefficient (Wildman–Crippen LogP) is 3.34. The number of benzene rings is 2. The molecule has 10 heteroatoms. The van der Waals surface area contributed by atoms with Gasteiger partial charge in [-0.05, 0) is 25.5 Å². The number of pyridine rings is 1. The first-order valence-corrected chi connectivity index (χ1v) is 12.5. The molecule has 0 spiro atoms. The van der Waals surface area contributed by atoms with Crippen LogP contribution in [0.3, 0.4) is 0 Å². The summed E-state index contributed by atoms with van der Waals surface area (Å²) >= 11 is 0. The first-order valence-electron chi connectivity index (χ1n) is 12.5. The van der Waals surface area contributed by atoms with Gasteiger partial charge in [0, 0.05) is 37.0 Å². The number of hydrogen-bond donors (Lipinski definition) is 2. The van der Waals surface area contributed by atoms with Crippen molar-refractivity contribution in [2.75, 3.05) is 6.54 Å². The summed E-state index contributed by atoms with van der Waals surface area (Å²) < 4.78 is 34.7. The summed E-state index contributed by atoms with van der Waals surface area (Å²) in [5.41, 5.74) is -1.88.